The predicted octanol–water partition coefficient (Wildman–Crippen LogP) is 4.79. The van der Waals surface area contributed by atoms with Gasteiger partial charge in [-0.1, -0.05) is 0 Å². The largest absolute Gasteiger partial charge is 0.456 e. The second kappa shape index (κ2) is 9.08. The molecule has 1 atom stereocenters. The fourth-order valence-corrected chi connectivity index (χ4v) is 5.64. The van der Waals surface area contributed by atoms with Crippen LogP contribution >= 0.6 is 11.3 Å². The Morgan fingerprint density at radius 1 is 1.24 bits per heavy atom. The first kappa shape index (κ1) is 22.4. The maximum absolute atomic E-state index is 13.2. The third-order valence-corrected chi connectivity index (χ3v) is 7.31. The summed E-state index contributed by atoms with van der Waals surface area (Å²) in [6, 6.07) is 11.2. The molecule has 0 bridgehead atoms. The van der Waals surface area contributed by atoms with Crippen molar-refractivity contribution in [1.29, 1.82) is 0 Å². The van der Waals surface area contributed by atoms with Gasteiger partial charge < -0.3 is 19.7 Å². The van der Waals surface area contributed by atoms with Crippen molar-refractivity contribution in [3.63, 3.8) is 0 Å². The van der Waals surface area contributed by atoms with Gasteiger partial charge in [0.1, 0.15) is 11.5 Å². The second-order valence-electron chi connectivity index (χ2n) is 8.38. The number of rotatable bonds is 5. The molecule has 1 fully saturated rings. The van der Waals surface area contributed by atoms with Gasteiger partial charge in [-0.2, -0.15) is 0 Å². The number of carbonyl (C=O) groups is 2. The van der Waals surface area contributed by atoms with Crippen molar-refractivity contribution in [1.82, 2.24) is 19.8 Å². The van der Waals surface area contributed by atoms with E-state index in [-0.39, 0.29) is 18.0 Å². The number of likely N-dealkylation sites (tertiary alicyclic amines) is 1. The van der Waals surface area contributed by atoms with Crippen molar-refractivity contribution in [2.75, 3.05) is 27.3 Å². The summed E-state index contributed by atoms with van der Waals surface area (Å²) in [5, 5.41) is 3.57. The average Bonchev–Trinajstić information content (AvgIpc) is 3.55. The third kappa shape index (κ3) is 3.91. The first-order valence-corrected chi connectivity index (χ1v) is 12.0. The van der Waals surface area contributed by atoms with E-state index < -0.39 is 0 Å². The van der Waals surface area contributed by atoms with Crippen LogP contribution in [0.2, 0.25) is 0 Å². The van der Waals surface area contributed by atoms with Crippen LogP contribution in [-0.4, -0.2) is 59.7 Å². The molecule has 5 rings (SSSR count). The smallest absolute Gasteiger partial charge is 0.325 e. The lowest BCUT2D eigenvalue weighted by Gasteiger charge is -2.23. The molecule has 4 aromatic rings. The van der Waals surface area contributed by atoms with Crippen molar-refractivity contribution in [3.8, 4) is 11.5 Å². The number of hydrogen-bond acceptors (Lipinski definition) is 6. The van der Waals surface area contributed by atoms with Gasteiger partial charge in [0.25, 0.3) is 5.91 Å². The zero-order chi connectivity index (χ0) is 23.8. The Morgan fingerprint density at radius 2 is 2.09 bits per heavy atom. The highest BCUT2D eigenvalue weighted by Gasteiger charge is 2.30. The number of benzene rings is 1. The number of nitrogens with zero attached hydrogens (tertiary/aromatic N) is 3. The van der Waals surface area contributed by atoms with Gasteiger partial charge in [0.15, 0.2) is 0 Å². The first-order chi connectivity index (χ1) is 16.5. The number of pyridine rings is 1. The van der Waals surface area contributed by atoms with E-state index >= 15 is 0 Å². The van der Waals surface area contributed by atoms with Crippen LogP contribution < -0.4 is 10.1 Å². The van der Waals surface area contributed by atoms with Gasteiger partial charge in [-0.05, 0) is 50.1 Å². The molecule has 9 heteroatoms. The summed E-state index contributed by atoms with van der Waals surface area (Å²) < 4.78 is 14.0. The highest BCUT2D eigenvalue weighted by Crippen LogP contribution is 2.37. The fraction of sp³-hybridized carbons (Fsp3) is 0.320. The van der Waals surface area contributed by atoms with Crippen molar-refractivity contribution in [3.05, 3.63) is 53.2 Å². The van der Waals surface area contributed by atoms with Crippen LogP contribution in [0.5, 0.6) is 11.5 Å². The summed E-state index contributed by atoms with van der Waals surface area (Å²) in [5.74, 6) is 1.31. The lowest BCUT2D eigenvalue weighted by Crippen LogP contribution is -2.37. The van der Waals surface area contributed by atoms with Crippen LogP contribution in [0, 0.1) is 6.92 Å². The van der Waals surface area contributed by atoms with Crippen LogP contribution in [0.1, 0.15) is 28.2 Å². The summed E-state index contributed by atoms with van der Waals surface area (Å²) in [4.78, 5) is 32.4. The van der Waals surface area contributed by atoms with Gasteiger partial charge in [0.2, 0.25) is 0 Å². The van der Waals surface area contributed by atoms with E-state index in [4.69, 9.17) is 9.47 Å². The molecule has 34 heavy (non-hydrogen) atoms. The molecular formula is C25H26N4O4S. The van der Waals surface area contributed by atoms with Gasteiger partial charge in [-0.3, -0.25) is 14.3 Å². The second-order valence-corrected chi connectivity index (χ2v) is 9.44. The highest BCUT2D eigenvalue weighted by atomic mass is 32.1. The van der Waals surface area contributed by atoms with Crippen LogP contribution in [-0.2, 0) is 4.74 Å². The zero-order valence-corrected chi connectivity index (χ0v) is 20.1. The van der Waals surface area contributed by atoms with Gasteiger partial charge in [0.05, 0.1) is 33.3 Å². The molecule has 1 aliphatic heterocycles. The molecule has 1 saturated heterocycles. The minimum atomic E-state index is -0.182. The number of ether oxygens (including phenoxy) is 2. The molecule has 3 aromatic heterocycles. The zero-order valence-electron chi connectivity index (χ0n) is 19.3. The van der Waals surface area contributed by atoms with Gasteiger partial charge in [0, 0.05) is 44.0 Å². The van der Waals surface area contributed by atoms with Crippen molar-refractivity contribution in [2.24, 2.45) is 0 Å². The van der Waals surface area contributed by atoms with E-state index in [0.717, 1.165) is 46.2 Å². The molecule has 2 amide bonds. The third-order valence-electron chi connectivity index (χ3n) is 6.19. The van der Waals surface area contributed by atoms with Crippen molar-refractivity contribution >= 4 is 44.4 Å². The maximum atomic E-state index is 13.2. The van der Waals surface area contributed by atoms with Crippen LogP contribution in [0.25, 0.3) is 21.1 Å². The average molecular weight is 479 g/mol. The maximum Gasteiger partial charge on any atom is 0.325 e. The molecule has 8 nitrogen and oxygen atoms in total. The van der Waals surface area contributed by atoms with E-state index in [0.29, 0.717) is 23.0 Å². The van der Waals surface area contributed by atoms with E-state index in [2.05, 4.69) is 10.3 Å². The van der Waals surface area contributed by atoms with Crippen LogP contribution in [0.15, 0.2) is 42.6 Å². The van der Waals surface area contributed by atoms with Gasteiger partial charge in [-0.25, -0.2) is 4.79 Å². The minimum absolute atomic E-state index is 0.0148. The number of fused-ring (bicyclic) bond motifs is 2. The number of aromatic nitrogens is 2. The number of amides is 2. The molecule has 1 aromatic carbocycles. The molecule has 0 unspecified atom stereocenters. The van der Waals surface area contributed by atoms with E-state index in [1.165, 1.54) is 11.3 Å². The monoisotopic (exact) mass is 478 g/mol. The van der Waals surface area contributed by atoms with Crippen molar-refractivity contribution in [2.45, 2.75) is 25.8 Å². The number of methoxy groups -OCH3 is 1. The van der Waals surface area contributed by atoms with Gasteiger partial charge >= 0.3 is 6.03 Å². The van der Waals surface area contributed by atoms with E-state index in [9.17, 15) is 9.59 Å². The van der Waals surface area contributed by atoms with Gasteiger partial charge in [-0.15, -0.1) is 11.3 Å². The number of nitrogens with one attached hydrogen (secondary N) is 1. The van der Waals surface area contributed by atoms with Crippen molar-refractivity contribution < 1.29 is 19.1 Å². The Morgan fingerprint density at radius 3 is 2.88 bits per heavy atom. The topological polar surface area (TPSA) is 85.7 Å². The lowest BCUT2D eigenvalue weighted by atomic mass is 10.2. The number of hydrogen-bond donors (Lipinski definition) is 1. The molecule has 1 N–H and O–H groups in total. The molecule has 4 heterocycles. The summed E-state index contributed by atoms with van der Waals surface area (Å²) in [6.07, 6.45) is 3.63. The number of thiophene rings is 1. The summed E-state index contributed by atoms with van der Waals surface area (Å²) in [7, 11) is 3.28. The summed E-state index contributed by atoms with van der Waals surface area (Å²) >= 11 is 1.40. The molecular weight excluding hydrogens is 452 g/mol. The molecule has 0 radical (unpaired) electrons. The summed E-state index contributed by atoms with van der Waals surface area (Å²) in [6.45, 7) is 3.18. The quantitative estimate of drug-likeness (QED) is 0.446. The van der Waals surface area contributed by atoms with E-state index in [1.54, 1.807) is 24.9 Å². The molecule has 0 spiro atoms. The highest BCUT2D eigenvalue weighted by molar-refractivity contribution is 7.21. The van der Waals surface area contributed by atoms with E-state index in [1.807, 2.05) is 48.2 Å². The Labute approximate surface area is 201 Å². The first-order valence-electron chi connectivity index (χ1n) is 11.2. The number of carbonyl (C=O) groups excluding carboxylic acids is 2. The summed E-state index contributed by atoms with van der Waals surface area (Å²) in [5.41, 5.74) is 2.38. The standard InChI is InChI=1S/C25H26N4O4S/c1-15-11-16-12-18(6-7-20(16)29(15)25(31)26-2)33-21-8-9-27-19-13-22(34-23(19)21)24(30)28-10-4-5-17(28)14-32-3/h6-9,11-13,17H,4-5,10,14H2,1-3H3,(H,26,31)/t17-/m1/s1. The SMILES string of the molecule is CNC(=O)n1c(C)cc2cc(Oc3ccnc4cc(C(=O)N5CCC[C@@H]5COC)sc34)ccc21. The molecule has 0 saturated carbocycles. The number of aryl methyl sites for hydroxylation is 1. The van der Waals surface area contributed by atoms with Crippen LogP contribution in [0.4, 0.5) is 4.79 Å². The Kier molecular flexibility index (Phi) is 5.97. The predicted molar refractivity (Wildman–Crippen MR) is 132 cm³/mol. The molecule has 1 aliphatic rings. The minimum Gasteiger partial charge on any atom is -0.456 e. The Hall–Kier alpha value is -3.43. The fourth-order valence-electron chi connectivity index (χ4n) is 4.61. The normalized spacial score (nSPS) is 15.9. The molecule has 0 aliphatic carbocycles. The Bertz CT molecular complexity index is 1390. The lowest BCUT2D eigenvalue weighted by molar-refractivity contribution is 0.0635. The Balaban J connectivity index is 1.45. The molecule has 176 valence electrons. The van der Waals surface area contributed by atoms with Crippen LogP contribution in [0.3, 0.4) is 0 Å².